The number of hydrogen-bond acceptors (Lipinski definition) is 3. The van der Waals surface area contributed by atoms with Gasteiger partial charge in [-0.05, 0) is 53.1 Å². The maximum absolute atomic E-state index is 5.85. The molecule has 1 N–H and O–H groups in total. The first kappa shape index (κ1) is 16.3. The second kappa shape index (κ2) is 7.28. The van der Waals surface area contributed by atoms with Crippen LogP contribution >= 0.6 is 0 Å². The molecule has 3 nitrogen and oxygen atoms in total. The van der Waals surface area contributed by atoms with E-state index in [2.05, 4.69) is 62.2 Å². The zero-order valence-corrected chi connectivity index (χ0v) is 14.0. The van der Waals surface area contributed by atoms with Crippen molar-refractivity contribution in [1.82, 2.24) is 10.2 Å². The molecule has 21 heavy (non-hydrogen) atoms. The molecular weight excluding hydrogens is 260 g/mol. The lowest BCUT2D eigenvalue weighted by Gasteiger charge is -2.28. The highest BCUT2D eigenvalue weighted by molar-refractivity contribution is 5.33. The predicted octanol–water partition coefficient (Wildman–Crippen LogP) is 3.44. The third kappa shape index (κ3) is 5.33. The van der Waals surface area contributed by atoms with E-state index < -0.39 is 0 Å². The van der Waals surface area contributed by atoms with Crippen LogP contribution in [-0.4, -0.2) is 36.2 Å². The summed E-state index contributed by atoms with van der Waals surface area (Å²) in [7, 11) is 0. The topological polar surface area (TPSA) is 24.5 Å². The molecule has 0 saturated heterocycles. The van der Waals surface area contributed by atoms with Gasteiger partial charge in [0.25, 0.3) is 0 Å². The number of hydrogen-bond donors (Lipinski definition) is 1. The molecule has 0 saturated carbocycles. The largest absolute Gasteiger partial charge is 0.492 e. The lowest BCUT2D eigenvalue weighted by atomic mass is 10.1. The van der Waals surface area contributed by atoms with Crippen LogP contribution < -0.4 is 10.1 Å². The SMILES string of the molecule is CC(CCCNC(C)(C)C)N1CCOc2ccccc2C1. The molecule has 0 spiro atoms. The molecule has 1 aromatic rings. The maximum Gasteiger partial charge on any atom is 0.123 e. The van der Waals surface area contributed by atoms with Crippen LogP contribution in [0.3, 0.4) is 0 Å². The molecular formula is C18H30N2O. The smallest absolute Gasteiger partial charge is 0.123 e. The first-order chi connectivity index (χ1) is 9.96. The van der Waals surface area contributed by atoms with Crippen molar-refractivity contribution in [3.63, 3.8) is 0 Å². The van der Waals surface area contributed by atoms with Gasteiger partial charge in [0.2, 0.25) is 0 Å². The van der Waals surface area contributed by atoms with Crippen molar-refractivity contribution in [1.29, 1.82) is 0 Å². The summed E-state index contributed by atoms with van der Waals surface area (Å²) in [6.07, 6.45) is 2.45. The van der Waals surface area contributed by atoms with E-state index in [9.17, 15) is 0 Å². The quantitative estimate of drug-likeness (QED) is 0.841. The molecule has 1 aliphatic rings. The minimum absolute atomic E-state index is 0.221. The Bertz CT molecular complexity index is 439. The lowest BCUT2D eigenvalue weighted by Crippen LogP contribution is -2.38. The van der Waals surface area contributed by atoms with Gasteiger partial charge in [-0.1, -0.05) is 18.2 Å². The van der Waals surface area contributed by atoms with Crippen molar-refractivity contribution in [2.75, 3.05) is 19.7 Å². The minimum Gasteiger partial charge on any atom is -0.492 e. The summed E-state index contributed by atoms with van der Waals surface area (Å²) in [5, 5.41) is 3.56. The molecule has 118 valence electrons. The van der Waals surface area contributed by atoms with Crippen LogP contribution in [0.5, 0.6) is 5.75 Å². The van der Waals surface area contributed by atoms with Gasteiger partial charge in [-0.25, -0.2) is 0 Å². The summed E-state index contributed by atoms with van der Waals surface area (Å²) in [4.78, 5) is 2.54. The fraction of sp³-hybridized carbons (Fsp3) is 0.667. The van der Waals surface area contributed by atoms with Gasteiger partial charge in [0, 0.05) is 30.2 Å². The Labute approximate surface area is 129 Å². The molecule has 0 aliphatic carbocycles. The fourth-order valence-electron chi connectivity index (χ4n) is 2.77. The first-order valence-corrected chi connectivity index (χ1v) is 8.15. The van der Waals surface area contributed by atoms with Gasteiger partial charge in [-0.3, -0.25) is 4.90 Å². The van der Waals surface area contributed by atoms with Crippen LogP contribution in [0.4, 0.5) is 0 Å². The van der Waals surface area contributed by atoms with Gasteiger partial charge in [-0.15, -0.1) is 0 Å². The van der Waals surface area contributed by atoms with E-state index in [1.54, 1.807) is 0 Å². The molecule has 1 atom stereocenters. The highest BCUT2D eigenvalue weighted by Crippen LogP contribution is 2.24. The maximum atomic E-state index is 5.85. The Morgan fingerprint density at radius 3 is 2.81 bits per heavy atom. The number of para-hydroxylation sites is 1. The van der Waals surface area contributed by atoms with Crippen molar-refractivity contribution < 1.29 is 4.74 Å². The zero-order valence-electron chi connectivity index (χ0n) is 14.0. The summed E-state index contributed by atoms with van der Waals surface area (Å²) in [5.41, 5.74) is 1.54. The highest BCUT2D eigenvalue weighted by atomic mass is 16.5. The van der Waals surface area contributed by atoms with E-state index >= 15 is 0 Å². The van der Waals surface area contributed by atoms with Gasteiger partial charge in [0.15, 0.2) is 0 Å². The molecule has 1 aromatic carbocycles. The van der Waals surface area contributed by atoms with Crippen LogP contribution in [0, 0.1) is 0 Å². The first-order valence-electron chi connectivity index (χ1n) is 8.15. The van der Waals surface area contributed by atoms with Crippen LogP contribution in [0.1, 0.15) is 46.1 Å². The van der Waals surface area contributed by atoms with Gasteiger partial charge < -0.3 is 10.1 Å². The summed E-state index contributed by atoms with van der Waals surface area (Å²) >= 11 is 0. The number of nitrogens with zero attached hydrogens (tertiary/aromatic N) is 1. The Balaban J connectivity index is 1.81. The van der Waals surface area contributed by atoms with Gasteiger partial charge in [-0.2, -0.15) is 0 Å². The third-order valence-corrected chi connectivity index (χ3v) is 4.06. The van der Waals surface area contributed by atoms with E-state index in [0.717, 1.165) is 32.0 Å². The van der Waals surface area contributed by atoms with E-state index in [-0.39, 0.29) is 5.54 Å². The molecule has 0 aromatic heterocycles. The molecule has 0 amide bonds. The van der Waals surface area contributed by atoms with Crippen LogP contribution in [-0.2, 0) is 6.54 Å². The molecule has 3 heteroatoms. The Hall–Kier alpha value is -1.06. The molecule has 1 heterocycles. The van der Waals surface area contributed by atoms with E-state index in [4.69, 9.17) is 4.74 Å². The number of benzene rings is 1. The van der Waals surface area contributed by atoms with Crippen LogP contribution in [0.15, 0.2) is 24.3 Å². The zero-order chi connectivity index (χ0) is 15.3. The molecule has 0 fully saturated rings. The Morgan fingerprint density at radius 1 is 1.29 bits per heavy atom. The molecule has 1 aliphatic heterocycles. The average molecular weight is 290 g/mol. The molecule has 0 radical (unpaired) electrons. The summed E-state index contributed by atoms with van der Waals surface area (Å²) < 4.78 is 5.85. The number of rotatable bonds is 5. The minimum atomic E-state index is 0.221. The number of nitrogens with one attached hydrogen (secondary N) is 1. The summed E-state index contributed by atoms with van der Waals surface area (Å²) in [6.45, 7) is 12.9. The lowest BCUT2D eigenvalue weighted by molar-refractivity contribution is 0.169. The average Bonchev–Trinajstić information content (AvgIpc) is 2.64. The Morgan fingerprint density at radius 2 is 2.05 bits per heavy atom. The van der Waals surface area contributed by atoms with Crippen molar-refractivity contribution in [2.45, 2.75) is 58.7 Å². The monoisotopic (exact) mass is 290 g/mol. The highest BCUT2D eigenvalue weighted by Gasteiger charge is 2.19. The van der Waals surface area contributed by atoms with Gasteiger partial charge >= 0.3 is 0 Å². The van der Waals surface area contributed by atoms with E-state index in [0.29, 0.717) is 6.04 Å². The molecule has 1 unspecified atom stereocenters. The van der Waals surface area contributed by atoms with Crippen molar-refractivity contribution in [3.8, 4) is 5.75 Å². The predicted molar refractivity (Wildman–Crippen MR) is 88.8 cm³/mol. The Kier molecular flexibility index (Phi) is 5.65. The van der Waals surface area contributed by atoms with E-state index in [1.807, 2.05) is 0 Å². The summed E-state index contributed by atoms with van der Waals surface area (Å²) in [6, 6.07) is 9.01. The number of ether oxygens (including phenoxy) is 1. The fourth-order valence-corrected chi connectivity index (χ4v) is 2.77. The van der Waals surface area contributed by atoms with Crippen LogP contribution in [0.2, 0.25) is 0 Å². The standard InChI is InChI=1S/C18H30N2O/c1-15(8-7-11-19-18(2,3)4)20-12-13-21-17-10-6-5-9-16(17)14-20/h5-6,9-10,15,19H,7-8,11-14H2,1-4H3. The molecule has 2 rings (SSSR count). The van der Waals surface area contributed by atoms with Gasteiger partial charge in [0.1, 0.15) is 12.4 Å². The summed E-state index contributed by atoms with van der Waals surface area (Å²) in [5.74, 6) is 1.06. The van der Waals surface area contributed by atoms with Gasteiger partial charge in [0.05, 0.1) is 0 Å². The normalized spacial score (nSPS) is 17.7. The third-order valence-electron chi connectivity index (χ3n) is 4.06. The van der Waals surface area contributed by atoms with Crippen molar-refractivity contribution >= 4 is 0 Å². The second-order valence-corrected chi connectivity index (χ2v) is 7.09. The number of fused-ring (bicyclic) bond motifs is 1. The second-order valence-electron chi connectivity index (χ2n) is 7.09. The van der Waals surface area contributed by atoms with Crippen LogP contribution in [0.25, 0.3) is 0 Å². The molecule has 0 bridgehead atoms. The van der Waals surface area contributed by atoms with Crippen molar-refractivity contribution in [3.05, 3.63) is 29.8 Å². The van der Waals surface area contributed by atoms with Crippen molar-refractivity contribution in [2.24, 2.45) is 0 Å². The van der Waals surface area contributed by atoms with E-state index in [1.165, 1.54) is 18.4 Å².